The fourth-order valence-corrected chi connectivity index (χ4v) is 4.73. The maximum absolute atomic E-state index is 6.32. The summed E-state index contributed by atoms with van der Waals surface area (Å²) in [5.74, 6) is 1.97. The Morgan fingerprint density at radius 1 is 1.15 bits per heavy atom. The van der Waals surface area contributed by atoms with Crippen LogP contribution in [0.4, 0.5) is 5.69 Å². The van der Waals surface area contributed by atoms with Gasteiger partial charge in [0, 0.05) is 18.8 Å². The standard InChI is InChI=1S/C18H26N2/c19-13-18(10-3-5-16(12-18)14-7-8-14)20-11-9-15-4-1-2-6-17(15)20/h1-2,4,6,14,16H,3,5,7-13,19H2. The summed E-state index contributed by atoms with van der Waals surface area (Å²) in [7, 11) is 0. The van der Waals surface area contributed by atoms with Gasteiger partial charge in [-0.05, 0) is 55.6 Å². The van der Waals surface area contributed by atoms with Crippen molar-refractivity contribution in [2.45, 2.75) is 50.5 Å². The molecular formula is C18H26N2. The van der Waals surface area contributed by atoms with Crippen LogP contribution in [0, 0.1) is 11.8 Å². The van der Waals surface area contributed by atoms with Crippen LogP contribution >= 0.6 is 0 Å². The fourth-order valence-electron chi connectivity index (χ4n) is 4.73. The molecule has 0 bridgehead atoms. The average Bonchev–Trinajstić information content (AvgIpc) is 3.26. The van der Waals surface area contributed by atoms with Crippen LogP contribution < -0.4 is 10.6 Å². The van der Waals surface area contributed by atoms with E-state index in [1.807, 2.05) is 0 Å². The lowest BCUT2D eigenvalue weighted by molar-refractivity contribution is 0.201. The molecule has 2 unspecified atom stereocenters. The summed E-state index contributed by atoms with van der Waals surface area (Å²) < 4.78 is 0. The van der Waals surface area contributed by atoms with Crippen molar-refractivity contribution in [2.75, 3.05) is 18.0 Å². The number of para-hydroxylation sites is 1. The van der Waals surface area contributed by atoms with E-state index in [-0.39, 0.29) is 5.54 Å². The third-order valence-corrected chi connectivity index (χ3v) is 5.99. The monoisotopic (exact) mass is 270 g/mol. The Labute approximate surface area is 122 Å². The van der Waals surface area contributed by atoms with Crippen molar-refractivity contribution in [1.29, 1.82) is 0 Å². The predicted molar refractivity (Wildman–Crippen MR) is 84.0 cm³/mol. The van der Waals surface area contributed by atoms with E-state index in [0.29, 0.717) is 0 Å². The number of nitrogens with zero attached hydrogens (tertiary/aromatic N) is 1. The normalized spacial score (nSPS) is 33.2. The zero-order valence-electron chi connectivity index (χ0n) is 12.4. The number of hydrogen-bond acceptors (Lipinski definition) is 2. The lowest BCUT2D eigenvalue weighted by Gasteiger charge is -2.48. The van der Waals surface area contributed by atoms with Gasteiger partial charge in [-0.3, -0.25) is 0 Å². The van der Waals surface area contributed by atoms with E-state index >= 15 is 0 Å². The van der Waals surface area contributed by atoms with Gasteiger partial charge in [-0.15, -0.1) is 0 Å². The number of anilines is 1. The molecule has 0 saturated heterocycles. The Morgan fingerprint density at radius 3 is 2.80 bits per heavy atom. The summed E-state index contributed by atoms with van der Waals surface area (Å²) in [5, 5.41) is 0. The molecule has 2 saturated carbocycles. The Hall–Kier alpha value is -1.02. The molecule has 2 fully saturated rings. The highest BCUT2D eigenvalue weighted by Gasteiger charge is 2.45. The highest BCUT2D eigenvalue weighted by Crippen LogP contribution is 2.49. The molecule has 0 radical (unpaired) electrons. The van der Waals surface area contributed by atoms with Crippen LogP contribution in [0.25, 0.3) is 0 Å². The van der Waals surface area contributed by atoms with Crippen molar-refractivity contribution >= 4 is 5.69 Å². The molecule has 2 atom stereocenters. The van der Waals surface area contributed by atoms with Crippen LogP contribution in [-0.2, 0) is 6.42 Å². The van der Waals surface area contributed by atoms with Gasteiger partial charge in [-0.25, -0.2) is 0 Å². The maximum Gasteiger partial charge on any atom is 0.0527 e. The van der Waals surface area contributed by atoms with Crippen LogP contribution in [-0.4, -0.2) is 18.6 Å². The molecule has 0 aromatic heterocycles. The van der Waals surface area contributed by atoms with Crippen LogP contribution in [0.15, 0.2) is 24.3 Å². The first-order valence-corrected chi connectivity index (χ1v) is 8.38. The highest BCUT2D eigenvalue weighted by molar-refractivity contribution is 5.60. The number of benzene rings is 1. The lowest BCUT2D eigenvalue weighted by Crippen LogP contribution is -2.56. The number of nitrogens with two attached hydrogens (primary N) is 1. The molecule has 1 aliphatic heterocycles. The summed E-state index contributed by atoms with van der Waals surface area (Å²) in [5.41, 5.74) is 9.55. The molecule has 108 valence electrons. The van der Waals surface area contributed by atoms with Crippen molar-refractivity contribution in [3.63, 3.8) is 0 Å². The van der Waals surface area contributed by atoms with Gasteiger partial charge in [-0.2, -0.15) is 0 Å². The third kappa shape index (κ3) is 1.96. The van der Waals surface area contributed by atoms with E-state index in [1.165, 1.54) is 62.7 Å². The second-order valence-corrected chi connectivity index (χ2v) is 7.15. The molecule has 1 heterocycles. The smallest absolute Gasteiger partial charge is 0.0527 e. The minimum atomic E-state index is 0.248. The Bertz CT molecular complexity index is 494. The molecule has 2 nitrogen and oxygen atoms in total. The molecule has 2 heteroatoms. The molecule has 4 rings (SSSR count). The van der Waals surface area contributed by atoms with E-state index in [0.717, 1.165) is 18.4 Å². The van der Waals surface area contributed by atoms with Crippen molar-refractivity contribution in [2.24, 2.45) is 17.6 Å². The Balaban J connectivity index is 1.64. The predicted octanol–water partition coefficient (Wildman–Crippen LogP) is 3.35. The number of rotatable bonds is 3. The van der Waals surface area contributed by atoms with Crippen molar-refractivity contribution in [3.05, 3.63) is 29.8 Å². The number of fused-ring (bicyclic) bond motifs is 1. The van der Waals surface area contributed by atoms with Crippen molar-refractivity contribution < 1.29 is 0 Å². The summed E-state index contributed by atoms with van der Waals surface area (Å²) in [6.45, 7) is 2.00. The van der Waals surface area contributed by atoms with Crippen LogP contribution in [0.3, 0.4) is 0 Å². The fraction of sp³-hybridized carbons (Fsp3) is 0.667. The third-order valence-electron chi connectivity index (χ3n) is 5.99. The molecule has 2 N–H and O–H groups in total. The van der Waals surface area contributed by atoms with Gasteiger partial charge >= 0.3 is 0 Å². The van der Waals surface area contributed by atoms with Gasteiger partial charge < -0.3 is 10.6 Å². The molecular weight excluding hydrogens is 244 g/mol. The van der Waals surface area contributed by atoms with Gasteiger partial charge in [0.1, 0.15) is 0 Å². The molecule has 0 amide bonds. The second-order valence-electron chi connectivity index (χ2n) is 7.15. The van der Waals surface area contributed by atoms with Gasteiger partial charge in [-0.1, -0.05) is 31.0 Å². The first-order chi connectivity index (χ1) is 9.82. The van der Waals surface area contributed by atoms with Gasteiger partial charge in [0.2, 0.25) is 0 Å². The molecule has 20 heavy (non-hydrogen) atoms. The number of hydrogen-bond donors (Lipinski definition) is 1. The molecule has 2 aliphatic carbocycles. The Morgan fingerprint density at radius 2 is 2.00 bits per heavy atom. The average molecular weight is 270 g/mol. The largest absolute Gasteiger partial charge is 0.364 e. The van der Waals surface area contributed by atoms with E-state index in [2.05, 4.69) is 29.2 Å². The lowest BCUT2D eigenvalue weighted by atomic mass is 9.72. The molecule has 1 aromatic rings. The minimum Gasteiger partial charge on any atom is -0.364 e. The van der Waals surface area contributed by atoms with Crippen LogP contribution in [0.1, 0.15) is 44.1 Å². The first-order valence-electron chi connectivity index (χ1n) is 8.38. The summed E-state index contributed by atoms with van der Waals surface area (Å²) in [6.07, 6.45) is 9.60. The van der Waals surface area contributed by atoms with Gasteiger partial charge in [0.15, 0.2) is 0 Å². The SMILES string of the molecule is NCC1(N2CCc3ccccc32)CCCC(C2CC2)C1. The topological polar surface area (TPSA) is 29.3 Å². The van der Waals surface area contributed by atoms with Crippen molar-refractivity contribution in [1.82, 2.24) is 0 Å². The first kappa shape index (κ1) is 12.7. The van der Waals surface area contributed by atoms with Gasteiger partial charge in [0.05, 0.1) is 5.54 Å². The van der Waals surface area contributed by atoms with Crippen LogP contribution in [0.5, 0.6) is 0 Å². The van der Waals surface area contributed by atoms with Crippen LogP contribution in [0.2, 0.25) is 0 Å². The van der Waals surface area contributed by atoms with E-state index < -0.39 is 0 Å². The molecule has 3 aliphatic rings. The Kier molecular flexibility index (Phi) is 3.03. The summed E-state index contributed by atoms with van der Waals surface area (Å²) in [4.78, 5) is 2.68. The summed E-state index contributed by atoms with van der Waals surface area (Å²) in [6, 6.07) is 8.95. The summed E-state index contributed by atoms with van der Waals surface area (Å²) >= 11 is 0. The van der Waals surface area contributed by atoms with E-state index in [1.54, 1.807) is 0 Å². The molecule has 0 spiro atoms. The minimum absolute atomic E-state index is 0.248. The van der Waals surface area contributed by atoms with Gasteiger partial charge in [0.25, 0.3) is 0 Å². The zero-order chi connectivity index (χ0) is 13.6. The second kappa shape index (κ2) is 4.77. The molecule has 1 aromatic carbocycles. The maximum atomic E-state index is 6.32. The van der Waals surface area contributed by atoms with Crippen molar-refractivity contribution in [3.8, 4) is 0 Å². The van der Waals surface area contributed by atoms with E-state index in [4.69, 9.17) is 5.73 Å². The zero-order valence-corrected chi connectivity index (χ0v) is 12.4. The highest BCUT2D eigenvalue weighted by atomic mass is 15.2. The quantitative estimate of drug-likeness (QED) is 0.912. The van der Waals surface area contributed by atoms with E-state index in [9.17, 15) is 0 Å².